The number of carboxylic acid groups (broad SMARTS) is 1. The Morgan fingerprint density at radius 2 is 1.86 bits per heavy atom. The summed E-state index contributed by atoms with van der Waals surface area (Å²) in [7, 11) is 0. The Kier molecular flexibility index (Phi) is 7.11. The van der Waals surface area contributed by atoms with E-state index < -0.39 is 29.0 Å². The predicted octanol–water partition coefficient (Wildman–Crippen LogP) is 0.692. The van der Waals surface area contributed by atoms with Crippen LogP contribution in [0.2, 0.25) is 0 Å². The van der Waals surface area contributed by atoms with Crippen LogP contribution in [0.5, 0.6) is 0 Å². The highest BCUT2D eigenvalue weighted by atomic mass is 32.2. The molecule has 1 unspecified atom stereocenters. The van der Waals surface area contributed by atoms with E-state index in [0.29, 0.717) is 17.3 Å². The monoisotopic (exact) mass is 325 g/mol. The highest BCUT2D eigenvalue weighted by molar-refractivity contribution is 8.15. The molecule has 0 saturated carbocycles. The molecule has 1 amide bonds. The number of carbonyl (C=O) groups excluding carboxylic acids is 3. The van der Waals surface area contributed by atoms with Crippen LogP contribution in [0.4, 0.5) is 0 Å². The largest absolute Gasteiger partial charge is 0.475 e. The summed E-state index contributed by atoms with van der Waals surface area (Å²) >= 11 is 0.430. The quantitative estimate of drug-likeness (QED) is 0.585. The van der Waals surface area contributed by atoms with Gasteiger partial charge in [-0.2, -0.15) is 0 Å². The lowest BCUT2D eigenvalue weighted by molar-refractivity contribution is -0.145. The Labute approximate surface area is 131 Å². The number of ether oxygens (including phenoxy) is 1. The molecular formula is C14H15NO6S. The SMILES string of the molecule is CCOC(=O)C(CSC(=O)C(=O)O)NC(=O)c1ccccc1. The third-order valence-electron chi connectivity index (χ3n) is 2.47. The van der Waals surface area contributed by atoms with Crippen LogP contribution in [0.3, 0.4) is 0 Å². The van der Waals surface area contributed by atoms with Gasteiger partial charge in [0.2, 0.25) is 0 Å². The first-order chi connectivity index (χ1) is 10.5. The van der Waals surface area contributed by atoms with Crippen molar-refractivity contribution in [1.82, 2.24) is 5.32 Å². The van der Waals surface area contributed by atoms with Gasteiger partial charge in [0, 0.05) is 11.3 Å². The molecule has 22 heavy (non-hydrogen) atoms. The van der Waals surface area contributed by atoms with Gasteiger partial charge in [-0.3, -0.25) is 9.59 Å². The molecule has 0 aliphatic carbocycles. The first kappa shape index (κ1) is 17.7. The number of aliphatic carboxylic acids is 1. The first-order valence-electron chi connectivity index (χ1n) is 6.38. The van der Waals surface area contributed by atoms with Crippen LogP contribution in [-0.4, -0.2) is 46.5 Å². The van der Waals surface area contributed by atoms with Crippen LogP contribution in [-0.2, 0) is 19.1 Å². The molecule has 7 nitrogen and oxygen atoms in total. The molecular weight excluding hydrogens is 310 g/mol. The maximum Gasteiger partial charge on any atom is 0.383 e. The standard InChI is InChI=1S/C14H15NO6S/c1-2-21-13(19)10(8-22-14(20)12(17)18)15-11(16)9-6-4-3-5-7-9/h3-7,10H,2,8H2,1H3,(H,15,16)(H,17,18). The van der Waals surface area contributed by atoms with Crippen molar-refractivity contribution < 1.29 is 29.0 Å². The summed E-state index contributed by atoms with van der Waals surface area (Å²) in [5, 5.41) is 9.85. The average Bonchev–Trinajstić information content (AvgIpc) is 2.51. The van der Waals surface area contributed by atoms with Gasteiger partial charge >= 0.3 is 11.9 Å². The number of nitrogens with one attached hydrogen (secondary N) is 1. The second-order valence-corrected chi connectivity index (χ2v) is 5.04. The van der Waals surface area contributed by atoms with Gasteiger partial charge in [0.1, 0.15) is 6.04 Å². The van der Waals surface area contributed by atoms with E-state index in [2.05, 4.69) is 5.32 Å². The van der Waals surface area contributed by atoms with Gasteiger partial charge in [-0.1, -0.05) is 30.0 Å². The fourth-order valence-electron chi connectivity index (χ4n) is 1.46. The lowest BCUT2D eigenvalue weighted by Gasteiger charge is -2.16. The minimum Gasteiger partial charge on any atom is -0.475 e. The van der Waals surface area contributed by atoms with Crippen LogP contribution < -0.4 is 5.32 Å². The maximum absolute atomic E-state index is 12.0. The molecule has 2 N–H and O–H groups in total. The van der Waals surface area contributed by atoms with Crippen LogP contribution in [0.15, 0.2) is 30.3 Å². The van der Waals surface area contributed by atoms with Crippen LogP contribution in [0, 0.1) is 0 Å². The number of rotatable bonds is 6. The Hall–Kier alpha value is -2.35. The van der Waals surface area contributed by atoms with E-state index in [-0.39, 0.29) is 12.4 Å². The summed E-state index contributed by atoms with van der Waals surface area (Å²) < 4.78 is 4.81. The summed E-state index contributed by atoms with van der Waals surface area (Å²) in [6, 6.07) is 7.08. The van der Waals surface area contributed by atoms with Gasteiger partial charge in [0.15, 0.2) is 0 Å². The van der Waals surface area contributed by atoms with Gasteiger partial charge in [-0.05, 0) is 19.1 Å². The van der Waals surface area contributed by atoms with E-state index in [9.17, 15) is 19.2 Å². The summed E-state index contributed by atoms with van der Waals surface area (Å²) in [5.41, 5.74) is 0.339. The van der Waals surface area contributed by atoms with Gasteiger partial charge in [-0.15, -0.1) is 0 Å². The molecule has 1 atom stereocenters. The average molecular weight is 325 g/mol. The molecule has 0 fully saturated rings. The molecule has 0 saturated heterocycles. The third-order valence-corrected chi connectivity index (χ3v) is 3.40. The first-order valence-corrected chi connectivity index (χ1v) is 7.36. The number of thioether (sulfide) groups is 1. The molecule has 0 bridgehead atoms. The zero-order valence-electron chi connectivity index (χ0n) is 11.8. The minimum atomic E-state index is -1.61. The smallest absolute Gasteiger partial charge is 0.383 e. The number of carbonyl (C=O) groups is 4. The van der Waals surface area contributed by atoms with Crippen LogP contribution in [0.25, 0.3) is 0 Å². The predicted molar refractivity (Wildman–Crippen MR) is 79.4 cm³/mol. The maximum atomic E-state index is 12.0. The van der Waals surface area contributed by atoms with Gasteiger partial charge in [0.05, 0.1) is 6.61 Å². The van der Waals surface area contributed by atoms with Crippen LogP contribution in [0.1, 0.15) is 17.3 Å². The zero-order valence-corrected chi connectivity index (χ0v) is 12.6. The van der Waals surface area contributed by atoms with Gasteiger partial charge in [-0.25, -0.2) is 9.59 Å². The molecule has 0 aromatic heterocycles. The Balaban J connectivity index is 2.73. The van der Waals surface area contributed by atoms with E-state index >= 15 is 0 Å². The Bertz CT molecular complexity index is 560. The second kappa shape index (κ2) is 8.83. The number of hydrogen-bond acceptors (Lipinski definition) is 6. The number of amides is 1. The van der Waals surface area contributed by atoms with E-state index in [0.717, 1.165) is 0 Å². The van der Waals surface area contributed by atoms with Crippen molar-refractivity contribution in [2.45, 2.75) is 13.0 Å². The summed E-state index contributed by atoms with van der Waals surface area (Å²) in [6.45, 7) is 1.71. The minimum absolute atomic E-state index is 0.105. The summed E-state index contributed by atoms with van der Waals surface area (Å²) in [6.07, 6.45) is 0. The van der Waals surface area contributed by atoms with Gasteiger partial charge < -0.3 is 15.2 Å². The van der Waals surface area contributed by atoms with Crippen molar-refractivity contribution in [2.24, 2.45) is 0 Å². The number of carboxylic acids is 1. The number of esters is 1. The van der Waals surface area contributed by atoms with E-state index in [4.69, 9.17) is 9.84 Å². The molecule has 0 spiro atoms. The fourth-order valence-corrected chi connectivity index (χ4v) is 2.12. The number of hydrogen-bond donors (Lipinski definition) is 2. The molecule has 0 aliphatic heterocycles. The van der Waals surface area contributed by atoms with Gasteiger partial charge in [0.25, 0.3) is 11.0 Å². The van der Waals surface area contributed by atoms with Crippen LogP contribution >= 0.6 is 11.8 Å². The summed E-state index contributed by atoms with van der Waals surface area (Å²) in [4.78, 5) is 45.4. The molecule has 8 heteroatoms. The molecule has 0 radical (unpaired) electrons. The molecule has 1 rings (SSSR count). The topological polar surface area (TPSA) is 110 Å². The van der Waals surface area contributed by atoms with Crippen molar-refractivity contribution >= 4 is 34.7 Å². The molecule has 1 aromatic rings. The van der Waals surface area contributed by atoms with Crippen molar-refractivity contribution in [1.29, 1.82) is 0 Å². The molecule has 118 valence electrons. The highest BCUT2D eigenvalue weighted by Gasteiger charge is 2.25. The number of benzene rings is 1. The van der Waals surface area contributed by atoms with E-state index in [1.165, 1.54) is 0 Å². The lowest BCUT2D eigenvalue weighted by atomic mass is 10.2. The lowest BCUT2D eigenvalue weighted by Crippen LogP contribution is -2.44. The van der Waals surface area contributed by atoms with Crippen molar-refractivity contribution in [3.05, 3.63) is 35.9 Å². The molecule has 0 heterocycles. The highest BCUT2D eigenvalue weighted by Crippen LogP contribution is 2.08. The second-order valence-electron chi connectivity index (χ2n) is 4.05. The van der Waals surface area contributed by atoms with Crippen molar-refractivity contribution in [3.8, 4) is 0 Å². The normalized spacial score (nSPS) is 11.3. The Morgan fingerprint density at radius 1 is 1.23 bits per heavy atom. The van der Waals surface area contributed by atoms with E-state index in [1.807, 2.05) is 0 Å². The molecule has 1 aromatic carbocycles. The third kappa shape index (κ3) is 5.57. The fraction of sp³-hybridized carbons (Fsp3) is 0.286. The van der Waals surface area contributed by atoms with Crippen molar-refractivity contribution in [3.63, 3.8) is 0 Å². The van der Waals surface area contributed by atoms with E-state index in [1.54, 1.807) is 37.3 Å². The molecule has 0 aliphatic rings. The zero-order chi connectivity index (χ0) is 16.5. The Morgan fingerprint density at radius 3 is 2.41 bits per heavy atom. The summed E-state index contributed by atoms with van der Waals surface area (Å²) in [5.74, 6) is -3.07. The van der Waals surface area contributed by atoms with Crippen molar-refractivity contribution in [2.75, 3.05) is 12.4 Å².